The largest absolute Gasteiger partial charge is 0.366 e. The lowest BCUT2D eigenvalue weighted by molar-refractivity contribution is -0.125. The standard InChI is InChI=1S/C21H26FN3O2S/c1-23-20(26)16(9-18-13-28-14-24-18)11-25-7-2-5-21(6-8-25)19-10-17(22)4-3-15(19)12-27-21/h3-4,10,13-14,16H,2,5-9,11-12H2,1H3,(H,23,26). The summed E-state index contributed by atoms with van der Waals surface area (Å²) < 4.78 is 20.1. The second-order valence-electron chi connectivity index (χ2n) is 7.73. The van der Waals surface area contributed by atoms with Crippen LogP contribution in [0.3, 0.4) is 0 Å². The number of nitrogens with one attached hydrogen (secondary N) is 1. The first-order chi connectivity index (χ1) is 13.6. The monoisotopic (exact) mass is 403 g/mol. The van der Waals surface area contributed by atoms with Gasteiger partial charge in [0.05, 0.1) is 29.3 Å². The van der Waals surface area contributed by atoms with Crippen LogP contribution >= 0.6 is 11.3 Å². The zero-order valence-electron chi connectivity index (χ0n) is 16.1. The van der Waals surface area contributed by atoms with Crippen LogP contribution in [0.1, 0.15) is 36.1 Å². The first-order valence-electron chi connectivity index (χ1n) is 9.83. The van der Waals surface area contributed by atoms with E-state index in [2.05, 4.69) is 15.2 Å². The number of rotatable bonds is 5. The van der Waals surface area contributed by atoms with Crippen molar-refractivity contribution < 1.29 is 13.9 Å². The topological polar surface area (TPSA) is 54.5 Å². The normalized spacial score (nSPS) is 23.4. The summed E-state index contributed by atoms with van der Waals surface area (Å²) >= 11 is 1.55. The van der Waals surface area contributed by atoms with Gasteiger partial charge in [0.25, 0.3) is 0 Å². The van der Waals surface area contributed by atoms with Gasteiger partial charge in [-0.1, -0.05) is 6.07 Å². The van der Waals surface area contributed by atoms with E-state index in [1.54, 1.807) is 30.0 Å². The van der Waals surface area contributed by atoms with Gasteiger partial charge in [-0.25, -0.2) is 9.37 Å². The van der Waals surface area contributed by atoms with Crippen molar-refractivity contribution in [2.45, 2.75) is 37.9 Å². The molecule has 1 fully saturated rings. The lowest BCUT2D eigenvalue weighted by Gasteiger charge is -2.29. The smallest absolute Gasteiger partial charge is 0.224 e. The van der Waals surface area contributed by atoms with Gasteiger partial charge in [-0.15, -0.1) is 11.3 Å². The number of hydrogen-bond donors (Lipinski definition) is 1. The average molecular weight is 404 g/mol. The average Bonchev–Trinajstić information content (AvgIpc) is 3.27. The Labute approximate surface area is 168 Å². The van der Waals surface area contributed by atoms with Crippen molar-refractivity contribution in [3.05, 3.63) is 51.7 Å². The second-order valence-corrected chi connectivity index (χ2v) is 8.45. The predicted molar refractivity (Wildman–Crippen MR) is 107 cm³/mol. The van der Waals surface area contributed by atoms with E-state index >= 15 is 0 Å². The van der Waals surface area contributed by atoms with Crippen LogP contribution in [0.15, 0.2) is 29.1 Å². The van der Waals surface area contributed by atoms with Crippen molar-refractivity contribution in [1.29, 1.82) is 0 Å². The molecule has 1 N–H and O–H groups in total. The molecule has 2 aromatic rings. The van der Waals surface area contributed by atoms with Crippen LogP contribution in [0.25, 0.3) is 0 Å². The molecule has 150 valence electrons. The molecule has 0 radical (unpaired) electrons. The van der Waals surface area contributed by atoms with Gasteiger partial charge in [-0.2, -0.15) is 0 Å². The highest BCUT2D eigenvalue weighted by atomic mass is 32.1. The van der Waals surface area contributed by atoms with Gasteiger partial charge >= 0.3 is 0 Å². The van der Waals surface area contributed by atoms with Gasteiger partial charge in [0, 0.05) is 31.9 Å². The molecular formula is C21H26FN3O2S. The summed E-state index contributed by atoms with van der Waals surface area (Å²) in [6, 6.07) is 5.00. The fourth-order valence-corrected chi connectivity index (χ4v) is 5.07. The first kappa shape index (κ1) is 19.5. The lowest BCUT2D eigenvalue weighted by Crippen LogP contribution is -2.39. The van der Waals surface area contributed by atoms with Crippen molar-refractivity contribution >= 4 is 17.2 Å². The van der Waals surface area contributed by atoms with Crippen molar-refractivity contribution in [3.8, 4) is 0 Å². The lowest BCUT2D eigenvalue weighted by atomic mass is 9.86. The summed E-state index contributed by atoms with van der Waals surface area (Å²) in [7, 11) is 1.69. The zero-order chi connectivity index (χ0) is 19.6. The van der Waals surface area contributed by atoms with Crippen LogP contribution < -0.4 is 5.32 Å². The van der Waals surface area contributed by atoms with Crippen LogP contribution in [0, 0.1) is 11.7 Å². The van der Waals surface area contributed by atoms with E-state index < -0.39 is 0 Å². The third kappa shape index (κ3) is 3.97. The number of likely N-dealkylation sites (tertiary alicyclic amines) is 1. The molecule has 28 heavy (non-hydrogen) atoms. The van der Waals surface area contributed by atoms with Crippen molar-refractivity contribution in [2.75, 3.05) is 26.7 Å². The van der Waals surface area contributed by atoms with Gasteiger partial charge in [0.15, 0.2) is 0 Å². The number of aromatic nitrogens is 1. The molecule has 7 heteroatoms. The molecule has 1 saturated heterocycles. The van der Waals surface area contributed by atoms with Crippen LogP contribution in [0.4, 0.5) is 4.39 Å². The summed E-state index contributed by atoms with van der Waals surface area (Å²) in [5, 5.41) is 4.80. The Morgan fingerprint density at radius 1 is 1.43 bits per heavy atom. The number of benzene rings is 1. The zero-order valence-corrected chi connectivity index (χ0v) is 16.9. The minimum Gasteiger partial charge on any atom is -0.366 e. The highest BCUT2D eigenvalue weighted by Crippen LogP contribution is 2.44. The number of carbonyl (C=O) groups is 1. The fraction of sp³-hybridized carbons (Fsp3) is 0.524. The van der Waals surface area contributed by atoms with E-state index in [0.717, 1.165) is 49.2 Å². The third-order valence-corrected chi connectivity index (χ3v) is 6.62. The maximum absolute atomic E-state index is 13.8. The summed E-state index contributed by atoms with van der Waals surface area (Å²) in [5.74, 6) is -0.278. The van der Waals surface area contributed by atoms with Gasteiger partial charge in [-0.05, 0) is 49.1 Å². The summed E-state index contributed by atoms with van der Waals surface area (Å²) in [5.41, 5.74) is 4.50. The minimum absolute atomic E-state index is 0.0523. The molecule has 5 nitrogen and oxygen atoms in total. The van der Waals surface area contributed by atoms with Gasteiger partial charge in [0.2, 0.25) is 5.91 Å². The first-order valence-corrected chi connectivity index (χ1v) is 10.8. The maximum Gasteiger partial charge on any atom is 0.224 e. The van der Waals surface area contributed by atoms with E-state index in [0.29, 0.717) is 19.6 Å². The highest BCUT2D eigenvalue weighted by Gasteiger charge is 2.41. The van der Waals surface area contributed by atoms with E-state index in [1.165, 1.54) is 6.07 Å². The second kappa shape index (κ2) is 8.27. The van der Waals surface area contributed by atoms with E-state index in [-0.39, 0.29) is 23.2 Å². The Bertz CT molecular complexity index is 829. The number of ether oxygens (including phenoxy) is 1. The number of amides is 1. The van der Waals surface area contributed by atoms with Gasteiger partial charge < -0.3 is 15.0 Å². The number of hydrogen-bond acceptors (Lipinski definition) is 5. The number of nitrogens with zero attached hydrogens (tertiary/aromatic N) is 2. The van der Waals surface area contributed by atoms with Gasteiger partial charge in [0.1, 0.15) is 5.82 Å². The molecule has 0 bridgehead atoms. The summed E-state index contributed by atoms with van der Waals surface area (Å²) in [4.78, 5) is 19.1. The van der Waals surface area contributed by atoms with E-state index in [1.807, 2.05) is 11.4 Å². The Balaban J connectivity index is 1.45. The quantitative estimate of drug-likeness (QED) is 0.834. The predicted octanol–water partition coefficient (Wildman–Crippen LogP) is 3.10. The Morgan fingerprint density at radius 2 is 2.32 bits per heavy atom. The molecule has 3 heterocycles. The summed E-state index contributed by atoms with van der Waals surface area (Å²) in [6.07, 6.45) is 3.32. The number of carbonyl (C=O) groups excluding carboxylic acids is 1. The molecule has 1 spiro atoms. The van der Waals surface area contributed by atoms with E-state index in [9.17, 15) is 9.18 Å². The fourth-order valence-electron chi connectivity index (χ4n) is 4.50. The van der Waals surface area contributed by atoms with Crippen LogP contribution in [-0.4, -0.2) is 42.5 Å². The Morgan fingerprint density at radius 3 is 3.11 bits per heavy atom. The SMILES string of the molecule is CNC(=O)C(Cc1cscn1)CN1CCCC2(CC1)OCc1ccc(F)cc12. The molecule has 4 rings (SSSR count). The minimum atomic E-state index is -0.385. The molecule has 1 amide bonds. The third-order valence-electron chi connectivity index (χ3n) is 5.99. The van der Waals surface area contributed by atoms with Crippen molar-refractivity contribution in [2.24, 2.45) is 5.92 Å². The molecule has 0 saturated carbocycles. The molecule has 2 unspecified atom stereocenters. The Hall–Kier alpha value is -1.83. The van der Waals surface area contributed by atoms with Crippen LogP contribution in [0.2, 0.25) is 0 Å². The summed E-state index contributed by atoms with van der Waals surface area (Å²) in [6.45, 7) is 3.00. The molecule has 2 atom stereocenters. The molecule has 2 aliphatic heterocycles. The maximum atomic E-state index is 13.8. The molecule has 1 aromatic heterocycles. The number of fused-ring (bicyclic) bond motifs is 2. The molecule has 2 aliphatic rings. The van der Waals surface area contributed by atoms with Crippen molar-refractivity contribution in [1.82, 2.24) is 15.2 Å². The van der Waals surface area contributed by atoms with Crippen LogP contribution in [0.5, 0.6) is 0 Å². The highest BCUT2D eigenvalue weighted by molar-refractivity contribution is 7.07. The van der Waals surface area contributed by atoms with Crippen LogP contribution in [-0.2, 0) is 28.2 Å². The number of halogens is 1. The van der Waals surface area contributed by atoms with E-state index in [4.69, 9.17) is 4.74 Å². The molecule has 1 aromatic carbocycles. The van der Waals surface area contributed by atoms with Gasteiger partial charge in [-0.3, -0.25) is 4.79 Å². The molecular weight excluding hydrogens is 377 g/mol. The number of thiazole rings is 1. The molecule has 0 aliphatic carbocycles. The Kier molecular flexibility index (Phi) is 5.75. The van der Waals surface area contributed by atoms with Crippen molar-refractivity contribution in [3.63, 3.8) is 0 Å².